The lowest BCUT2D eigenvalue weighted by Crippen LogP contribution is -2.34. The first-order valence-corrected chi connectivity index (χ1v) is 7.29. The molecule has 1 fully saturated rings. The van der Waals surface area contributed by atoms with Gasteiger partial charge in [-0.3, -0.25) is 4.79 Å². The Morgan fingerprint density at radius 1 is 1.28 bits per heavy atom. The fourth-order valence-electron chi connectivity index (χ4n) is 1.94. The Balaban J connectivity index is 2.09. The van der Waals surface area contributed by atoms with Crippen LogP contribution in [0.1, 0.15) is 12.8 Å². The molecule has 98 valence electrons. The Hall–Kier alpha value is -0.290. The maximum Gasteiger partial charge on any atom is 0.227 e. The number of amides is 1. The molecule has 0 bridgehead atoms. The third-order valence-corrected chi connectivity index (χ3v) is 4.77. The van der Waals surface area contributed by atoms with Gasteiger partial charge < -0.3 is 10.6 Å². The first-order chi connectivity index (χ1) is 8.59. The van der Waals surface area contributed by atoms with Crippen LogP contribution in [0.2, 0.25) is 10.0 Å². The molecule has 2 rings (SSSR count). The van der Waals surface area contributed by atoms with Crippen LogP contribution in [-0.2, 0) is 4.79 Å². The van der Waals surface area contributed by atoms with Crippen molar-refractivity contribution in [2.75, 3.05) is 18.4 Å². The second-order valence-corrected chi connectivity index (χ2v) is 5.85. The minimum absolute atomic E-state index is 0.0109. The molecule has 0 atom stereocenters. The van der Waals surface area contributed by atoms with Crippen molar-refractivity contribution >= 4 is 50.7 Å². The van der Waals surface area contributed by atoms with E-state index in [0.717, 1.165) is 25.9 Å². The monoisotopic (exact) mass is 350 g/mol. The third kappa shape index (κ3) is 3.18. The number of benzene rings is 1. The molecule has 0 unspecified atom stereocenters. The largest absolute Gasteiger partial charge is 0.324 e. The lowest BCUT2D eigenvalue weighted by molar-refractivity contribution is -0.120. The summed E-state index contributed by atoms with van der Waals surface area (Å²) in [5.74, 6) is 0.0570. The quantitative estimate of drug-likeness (QED) is 0.798. The molecule has 0 radical (unpaired) electrons. The van der Waals surface area contributed by atoms with Gasteiger partial charge in [0.25, 0.3) is 0 Å². The van der Waals surface area contributed by atoms with Gasteiger partial charge in [-0.2, -0.15) is 0 Å². The molecule has 1 aromatic carbocycles. The molecule has 1 aliphatic rings. The number of rotatable bonds is 2. The maximum atomic E-state index is 12.1. The zero-order valence-electron chi connectivity index (χ0n) is 9.60. The van der Waals surface area contributed by atoms with Gasteiger partial charge in [-0.25, -0.2) is 0 Å². The molecule has 1 aromatic rings. The first-order valence-electron chi connectivity index (χ1n) is 5.74. The Morgan fingerprint density at radius 3 is 2.61 bits per heavy atom. The Labute approximate surface area is 124 Å². The van der Waals surface area contributed by atoms with Crippen LogP contribution >= 0.6 is 39.1 Å². The first kappa shape index (κ1) is 14.1. The van der Waals surface area contributed by atoms with E-state index in [1.807, 2.05) is 0 Å². The lowest BCUT2D eigenvalue weighted by atomic mass is 9.97. The molecule has 0 aliphatic carbocycles. The summed E-state index contributed by atoms with van der Waals surface area (Å²) >= 11 is 15.4. The van der Waals surface area contributed by atoms with Crippen molar-refractivity contribution < 1.29 is 4.79 Å². The van der Waals surface area contributed by atoms with Crippen molar-refractivity contribution in [1.29, 1.82) is 0 Å². The molecule has 2 N–H and O–H groups in total. The van der Waals surface area contributed by atoms with E-state index in [4.69, 9.17) is 23.2 Å². The number of nitrogens with one attached hydrogen (secondary N) is 2. The molecular weight excluding hydrogens is 339 g/mol. The lowest BCUT2D eigenvalue weighted by Gasteiger charge is -2.22. The summed E-state index contributed by atoms with van der Waals surface area (Å²) in [5.41, 5.74) is 0.563. The second-order valence-electron chi connectivity index (χ2n) is 4.24. The van der Waals surface area contributed by atoms with Crippen molar-refractivity contribution in [3.63, 3.8) is 0 Å². The average Bonchev–Trinajstić information content (AvgIpc) is 2.40. The van der Waals surface area contributed by atoms with E-state index in [9.17, 15) is 4.79 Å². The van der Waals surface area contributed by atoms with Gasteiger partial charge in [0.05, 0.1) is 15.7 Å². The summed E-state index contributed by atoms with van der Waals surface area (Å²) < 4.78 is 0.717. The highest BCUT2D eigenvalue weighted by Crippen LogP contribution is 2.36. The van der Waals surface area contributed by atoms with Crippen molar-refractivity contribution in [3.05, 3.63) is 26.7 Å². The fraction of sp³-hybridized carbons (Fsp3) is 0.417. The second kappa shape index (κ2) is 6.24. The van der Waals surface area contributed by atoms with Crippen LogP contribution in [0.5, 0.6) is 0 Å². The Bertz CT molecular complexity index is 462. The number of anilines is 1. The summed E-state index contributed by atoms with van der Waals surface area (Å²) in [6, 6.07) is 3.52. The standard InChI is InChI=1S/C12H13BrCl2N2O/c13-8-1-2-9(11(15)10(8)14)17-12(18)7-3-5-16-6-4-7/h1-2,7,16H,3-6H2,(H,17,18). The number of carbonyl (C=O) groups excluding carboxylic acids is 1. The van der Waals surface area contributed by atoms with Gasteiger partial charge in [0, 0.05) is 10.4 Å². The Kier molecular flexibility index (Phi) is 4.90. The molecule has 1 heterocycles. The van der Waals surface area contributed by atoms with Crippen LogP contribution in [0.25, 0.3) is 0 Å². The van der Waals surface area contributed by atoms with Gasteiger partial charge in [0.15, 0.2) is 0 Å². The molecule has 3 nitrogen and oxygen atoms in total. The highest BCUT2D eigenvalue weighted by molar-refractivity contribution is 9.10. The molecule has 0 aromatic heterocycles. The summed E-state index contributed by atoms with van der Waals surface area (Å²) in [4.78, 5) is 12.1. The fourth-order valence-corrected chi connectivity index (χ4v) is 2.76. The molecule has 18 heavy (non-hydrogen) atoms. The number of hydrogen-bond acceptors (Lipinski definition) is 2. The van der Waals surface area contributed by atoms with Crippen molar-refractivity contribution in [1.82, 2.24) is 5.32 Å². The van der Waals surface area contributed by atoms with Crippen LogP contribution in [0.4, 0.5) is 5.69 Å². The Morgan fingerprint density at radius 2 is 1.94 bits per heavy atom. The number of hydrogen-bond donors (Lipinski definition) is 2. The van der Waals surface area contributed by atoms with E-state index in [0.29, 0.717) is 20.2 Å². The minimum Gasteiger partial charge on any atom is -0.324 e. The number of piperidine rings is 1. The van der Waals surface area contributed by atoms with Crippen molar-refractivity contribution in [2.24, 2.45) is 5.92 Å². The van der Waals surface area contributed by atoms with Gasteiger partial charge in [-0.1, -0.05) is 23.2 Å². The summed E-state index contributed by atoms with van der Waals surface area (Å²) in [6.45, 7) is 1.76. The maximum absolute atomic E-state index is 12.1. The summed E-state index contributed by atoms with van der Waals surface area (Å²) in [6.07, 6.45) is 1.71. The van der Waals surface area contributed by atoms with E-state index in [2.05, 4.69) is 26.6 Å². The molecule has 6 heteroatoms. The van der Waals surface area contributed by atoms with Crippen molar-refractivity contribution in [3.8, 4) is 0 Å². The summed E-state index contributed by atoms with van der Waals surface area (Å²) in [7, 11) is 0. The molecule has 1 aliphatic heterocycles. The third-order valence-electron chi connectivity index (χ3n) is 3.00. The van der Waals surface area contributed by atoms with Gasteiger partial charge in [-0.15, -0.1) is 0 Å². The van der Waals surface area contributed by atoms with Gasteiger partial charge >= 0.3 is 0 Å². The highest BCUT2D eigenvalue weighted by Gasteiger charge is 2.22. The van der Waals surface area contributed by atoms with E-state index in [1.165, 1.54) is 0 Å². The zero-order valence-corrected chi connectivity index (χ0v) is 12.7. The van der Waals surface area contributed by atoms with Crippen LogP contribution < -0.4 is 10.6 Å². The van der Waals surface area contributed by atoms with Crippen molar-refractivity contribution in [2.45, 2.75) is 12.8 Å². The van der Waals surface area contributed by atoms with E-state index < -0.39 is 0 Å². The van der Waals surface area contributed by atoms with Gasteiger partial charge in [0.1, 0.15) is 0 Å². The SMILES string of the molecule is O=C(Nc1ccc(Br)c(Cl)c1Cl)C1CCNCC1. The smallest absolute Gasteiger partial charge is 0.227 e. The minimum atomic E-state index is 0.0109. The molecule has 0 saturated carbocycles. The topological polar surface area (TPSA) is 41.1 Å². The predicted octanol–water partition coefficient (Wildman–Crippen LogP) is 3.69. The molecular formula is C12H13BrCl2N2O. The van der Waals surface area contributed by atoms with Crippen LogP contribution in [0.15, 0.2) is 16.6 Å². The van der Waals surface area contributed by atoms with Gasteiger partial charge in [-0.05, 0) is 54.0 Å². The molecule has 1 amide bonds. The van der Waals surface area contributed by atoms with Gasteiger partial charge in [0.2, 0.25) is 5.91 Å². The molecule has 0 spiro atoms. The zero-order chi connectivity index (χ0) is 13.1. The molecule has 1 saturated heterocycles. The van der Waals surface area contributed by atoms with Crippen LogP contribution in [0, 0.1) is 5.92 Å². The number of carbonyl (C=O) groups is 1. The normalized spacial score (nSPS) is 16.6. The van der Waals surface area contributed by atoms with E-state index >= 15 is 0 Å². The number of halogens is 3. The van der Waals surface area contributed by atoms with Crippen LogP contribution in [-0.4, -0.2) is 19.0 Å². The van der Waals surface area contributed by atoms with E-state index in [-0.39, 0.29) is 11.8 Å². The highest BCUT2D eigenvalue weighted by atomic mass is 79.9. The van der Waals surface area contributed by atoms with Crippen LogP contribution in [0.3, 0.4) is 0 Å². The predicted molar refractivity (Wildman–Crippen MR) is 78.4 cm³/mol. The van der Waals surface area contributed by atoms with E-state index in [1.54, 1.807) is 12.1 Å². The average molecular weight is 352 g/mol. The summed E-state index contributed by atoms with van der Waals surface area (Å²) in [5, 5.41) is 6.86.